The Morgan fingerprint density at radius 1 is 1.04 bits per heavy atom. The van der Waals surface area contributed by atoms with Crippen molar-refractivity contribution in [2.75, 3.05) is 23.3 Å². The highest BCUT2D eigenvalue weighted by atomic mass is 19.1. The first-order valence-corrected chi connectivity index (χ1v) is 9.66. The molecule has 148 valence electrons. The molecule has 2 aromatic rings. The van der Waals surface area contributed by atoms with Crippen LogP contribution >= 0.6 is 0 Å². The summed E-state index contributed by atoms with van der Waals surface area (Å²) in [6.45, 7) is 5.02. The zero-order valence-corrected chi connectivity index (χ0v) is 16.2. The van der Waals surface area contributed by atoms with Gasteiger partial charge in [0.2, 0.25) is 5.91 Å². The number of para-hydroxylation sites is 2. The molecular formula is C22H26FN3O2. The van der Waals surface area contributed by atoms with Crippen molar-refractivity contribution >= 4 is 23.2 Å². The van der Waals surface area contributed by atoms with Crippen LogP contribution in [0.3, 0.4) is 0 Å². The van der Waals surface area contributed by atoms with Crippen LogP contribution in [0.4, 0.5) is 15.8 Å². The Labute approximate surface area is 164 Å². The number of hydrogen-bond donors (Lipinski definition) is 2. The molecule has 5 nitrogen and oxygen atoms in total. The normalized spacial score (nSPS) is 14.8. The lowest BCUT2D eigenvalue weighted by Gasteiger charge is -2.33. The average molecular weight is 383 g/mol. The fourth-order valence-corrected chi connectivity index (χ4v) is 3.46. The van der Waals surface area contributed by atoms with Crippen LogP contribution in [0.15, 0.2) is 48.5 Å². The third-order valence-electron chi connectivity index (χ3n) is 4.91. The van der Waals surface area contributed by atoms with E-state index in [1.165, 1.54) is 6.07 Å². The van der Waals surface area contributed by atoms with E-state index in [4.69, 9.17) is 0 Å². The first-order valence-electron chi connectivity index (χ1n) is 9.66. The summed E-state index contributed by atoms with van der Waals surface area (Å²) in [7, 11) is 0. The molecule has 1 aliphatic rings. The van der Waals surface area contributed by atoms with Crippen molar-refractivity contribution in [1.82, 2.24) is 5.32 Å². The SMILES string of the molecule is CC(C)NC(=O)c1ccccc1NC(=O)C1CCN(c2ccccc2F)CC1. The fraction of sp³-hybridized carbons (Fsp3) is 0.364. The summed E-state index contributed by atoms with van der Waals surface area (Å²) in [4.78, 5) is 27.1. The van der Waals surface area contributed by atoms with Crippen molar-refractivity contribution < 1.29 is 14.0 Å². The Bertz CT molecular complexity index is 845. The molecule has 6 heteroatoms. The monoisotopic (exact) mass is 383 g/mol. The van der Waals surface area contributed by atoms with Gasteiger partial charge in [0, 0.05) is 25.0 Å². The van der Waals surface area contributed by atoms with Gasteiger partial charge < -0.3 is 15.5 Å². The van der Waals surface area contributed by atoms with Gasteiger partial charge >= 0.3 is 0 Å². The summed E-state index contributed by atoms with van der Waals surface area (Å²) in [5, 5.41) is 5.76. The lowest BCUT2D eigenvalue weighted by Crippen LogP contribution is -2.39. The molecule has 2 amide bonds. The second-order valence-corrected chi connectivity index (χ2v) is 7.38. The lowest BCUT2D eigenvalue weighted by molar-refractivity contribution is -0.120. The topological polar surface area (TPSA) is 61.4 Å². The number of halogens is 1. The number of nitrogens with one attached hydrogen (secondary N) is 2. The van der Waals surface area contributed by atoms with Crippen LogP contribution in [0.2, 0.25) is 0 Å². The molecule has 2 N–H and O–H groups in total. The highest BCUT2D eigenvalue weighted by molar-refractivity contribution is 6.04. The molecular weight excluding hydrogens is 357 g/mol. The van der Waals surface area contributed by atoms with Gasteiger partial charge in [0.05, 0.1) is 16.9 Å². The number of anilines is 2. The zero-order chi connectivity index (χ0) is 20.1. The van der Waals surface area contributed by atoms with Crippen molar-refractivity contribution in [1.29, 1.82) is 0 Å². The van der Waals surface area contributed by atoms with E-state index in [0.29, 0.717) is 42.9 Å². The van der Waals surface area contributed by atoms with Crippen molar-refractivity contribution in [2.24, 2.45) is 5.92 Å². The molecule has 1 fully saturated rings. The number of carbonyl (C=O) groups excluding carboxylic acids is 2. The van der Waals surface area contributed by atoms with Crippen LogP contribution in [-0.2, 0) is 4.79 Å². The van der Waals surface area contributed by atoms with Crippen LogP contribution in [0, 0.1) is 11.7 Å². The third kappa shape index (κ3) is 4.68. The second-order valence-electron chi connectivity index (χ2n) is 7.38. The van der Waals surface area contributed by atoms with E-state index in [9.17, 15) is 14.0 Å². The molecule has 0 spiro atoms. The number of rotatable bonds is 5. The maximum absolute atomic E-state index is 14.0. The second kappa shape index (κ2) is 8.87. The number of nitrogens with zero attached hydrogens (tertiary/aromatic N) is 1. The molecule has 1 heterocycles. The molecule has 3 rings (SSSR count). The lowest BCUT2D eigenvalue weighted by atomic mass is 9.95. The number of amides is 2. The van der Waals surface area contributed by atoms with Crippen LogP contribution in [0.1, 0.15) is 37.0 Å². The number of carbonyl (C=O) groups is 2. The Morgan fingerprint density at radius 3 is 2.36 bits per heavy atom. The van der Waals surface area contributed by atoms with Crippen LogP contribution in [-0.4, -0.2) is 30.9 Å². The van der Waals surface area contributed by atoms with E-state index < -0.39 is 0 Å². The first-order chi connectivity index (χ1) is 13.5. The van der Waals surface area contributed by atoms with Crippen LogP contribution in [0.5, 0.6) is 0 Å². The van der Waals surface area contributed by atoms with Gasteiger partial charge in [0.1, 0.15) is 5.82 Å². The molecule has 0 aromatic heterocycles. The predicted molar refractivity (Wildman–Crippen MR) is 109 cm³/mol. The molecule has 1 aliphatic heterocycles. The van der Waals surface area contributed by atoms with E-state index in [0.717, 1.165) is 0 Å². The Hall–Kier alpha value is -2.89. The summed E-state index contributed by atoms with van der Waals surface area (Å²) in [6, 6.07) is 13.7. The van der Waals surface area contributed by atoms with Crippen molar-refractivity contribution in [3.05, 3.63) is 59.9 Å². The number of hydrogen-bond acceptors (Lipinski definition) is 3. The third-order valence-corrected chi connectivity index (χ3v) is 4.91. The quantitative estimate of drug-likeness (QED) is 0.825. The van der Waals surface area contributed by atoms with Crippen molar-refractivity contribution in [3.8, 4) is 0 Å². The standard InChI is InChI=1S/C22H26FN3O2/c1-15(2)24-22(28)17-7-3-5-9-19(17)25-21(27)16-11-13-26(14-12-16)20-10-6-4-8-18(20)23/h3-10,15-16H,11-14H2,1-2H3,(H,24,28)(H,25,27). The summed E-state index contributed by atoms with van der Waals surface area (Å²) in [5.41, 5.74) is 1.55. The van der Waals surface area contributed by atoms with E-state index in [-0.39, 0.29) is 29.6 Å². The summed E-state index contributed by atoms with van der Waals surface area (Å²) in [6.07, 6.45) is 1.28. The number of benzene rings is 2. The Kier molecular flexibility index (Phi) is 6.29. The largest absolute Gasteiger partial charge is 0.369 e. The molecule has 0 aliphatic carbocycles. The van der Waals surface area contributed by atoms with Gasteiger partial charge in [-0.15, -0.1) is 0 Å². The van der Waals surface area contributed by atoms with Gasteiger partial charge in [-0.05, 0) is 51.0 Å². The molecule has 0 unspecified atom stereocenters. The summed E-state index contributed by atoms with van der Waals surface area (Å²) >= 11 is 0. The molecule has 0 radical (unpaired) electrons. The summed E-state index contributed by atoms with van der Waals surface area (Å²) in [5.74, 6) is -0.710. The smallest absolute Gasteiger partial charge is 0.253 e. The van der Waals surface area contributed by atoms with E-state index in [1.807, 2.05) is 24.8 Å². The van der Waals surface area contributed by atoms with Gasteiger partial charge in [-0.1, -0.05) is 24.3 Å². The molecule has 0 atom stereocenters. The minimum Gasteiger partial charge on any atom is -0.369 e. The molecule has 0 bridgehead atoms. The van der Waals surface area contributed by atoms with Gasteiger partial charge in [-0.2, -0.15) is 0 Å². The van der Waals surface area contributed by atoms with Gasteiger partial charge in [0.25, 0.3) is 5.91 Å². The van der Waals surface area contributed by atoms with Gasteiger partial charge in [-0.25, -0.2) is 4.39 Å². The summed E-state index contributed by atoms with van der Waals surface area (Å²) < 4.78 is 14.0. The zero-order valence-electron chi connectivity index (χ0n) is 16.2. The molecule has 1 saturated heterocycles. The predicted octanol–water partition coefficient (Wildman–Crippen LogP) is 3.82. The van der Waals surface area contributed by atoms with Gasteiger partial charge in [0.15, 0.2) is 0 Å². The Balaban J connectivity index is 1.62. The van der Waals surface area contributed by atoms with E-state index in [2.05, 4.69) is 10.6 Å². The average Bonchev–Trinajstić information content (AvgIpc) is 2.68. The minimum atomic E-state index is -0.240. The maximum atomic E-state index is 14.0. The van der Waals surface area contributed by atoms with E-state index in [1.54, 1.807) is 36.4 Å². The molecule has 28 heavy (non-hydrogen) atoms. The van der Waals surface area contributed by atoms with Crippen LogP contribution in [0.25, 0.3) is 0 Å². The van der Waals surface area contributed by atoms with Crippen molar-refractivity contribution in [2.45, 2.75) is 32.7 Å². The van der Waals surface area contributed by atoms with Gasteiger partial charge in [-0.3, -0.25) is 9.59 Å². The van der Waals surface area contributed by atoms with Crippen LogP contribution < -0.4 is 15.5 Å². The highest BCUT2D eigenvalue weighted by Crippen LogP contribution is 2.26. The molecule has 2 aromatic carbocycles. The molecule has 0 saturated carbocycles. The van der Waals surface area contributed by atoms with Crippen molar-refractivity contribution in [3.63, 3.8) is 0 Å². The fourth-order valence-electron chi connectivity index (χ4n) is 3.46. The Morgan fingerprint density at radius 2 is 1.68 bits per heavy atom. The number of piperidine rings is 1. The minimum absolute atomic E-state index is 0.0129. The van der Waals surface area contributed by atoms with E-state index >= 15 is 0 Å². The highest BCUT2D eigenvalue weighted by Gasteiger charge is 2.27. The maximum Gasteiger partial charge on any atom is 0.253 e. The first kappa shape index (κ1) is 19.9.